The maximum atomic E-state index is 6.55. The first-order valence-electron chi connectivity index (χ1n) is 8.28. The molecule has 3 heteroatoms. The fourth-order valence-corrected chi connectivity index (χ4v) is 3.05. The molecule has 1 heterocycles. The summed E-state index contributed by atoms with van der Waals surface area (Å²) < 4.78 is 12.8. The number of hydrogen-bond acceptors (Lipinski definition) is 3. The first-order valence-corrected chi connectivity index (χ1v) is 8.28. The maximum Gasteiger partial charge on any atom is 0.222 e. The van der Waals surface area contributed by atoms with Gasteiger partial charge in [-0.15, -0.1) is 0 Å². The Morgan fingerprint density at radius 3 is 2.04 bits per heavy atom. The minimum atomic E-state index is -0.794. The lowest BCUT2D eigenvalue weighted by molar-refractivity contribution is -0.279. The van der Waals surface area contributed by atoms with Gasteiger partial charge in [-0.2, -0.15) is 0 Å². The Morgan fingerprint density at radius 1 is 0.957 bits per heavy atom. The predicted molar refractivity (Wildman–Crippen MR) is 92.3 cm³/mol. The van der Waals surface area contributed by atoms with Crippen molar-refractivity contribution in [2.45, 2.75) is 24.7 Å². The molecule has 0 saturated carbocycles. The third kappa shape index (κ3) is 3.63. The van der Waals surface area contributed by atoms with Gasteiger partial charge in [-0.3, -0.25) is 0 Å². The van der Waals surface area contributed by atoms with Crippen LogP contribution in [0.15, 0.2) is 60.7 Å². The summed E-state index contributed by atoms with van der Waals surface area (Å²) in [5.41, 5.74) is 2.11. The summed E-state index contributed by atoms with van der Waals surface area (Å²) in [4.78, 5) is 2.20. The van der Waals surface area contributed by atoms with Crippen LogP contribution >= 0.6 is 0 Å². The number of ether oxygens (including phenoxy) is 2. The molecule has 0 aliphatic carbocycles. The van der Waals surface area contributed by atoms with Gasteiger partial charge in [0.2, 0.25) is 5.79 Å². The van der Waals surface area contributed by atoms with Gasteiger partial charge in [0.1, 0.15) is 0 Å². The van der Waals surface area contributed by atoms with Gasteiger partial charge in [-0.25, -0.2) is 0 Å². The van der Waals surface area contributed by atoms with Gasteiger partial charge < -0.3 is 14.4 Å². The fraction of sp³-hybridized carbons (Fsp3) is 0.400. The number of hydrogen-bond donors (Lipinski definition) is 0. The molecule has 1 aliphatic rings. The second kappa shape index (κ2) is 7.26. The molecule has 122 valence electrons. The fourth-order valence-electron chi connectivity index (χ4n) is 3.05. The van der Waals surface area contributed by atoms with E-state index in [4.69, 9.17) is 9.47 Å². The number of nitrogens with zero attached hydrogens (tertiary/aromatic N) is 1. The molecule has 3 rings (SSSR count). The van der Waals surface area contributed by atoms with Crippen molar-refractivity contribution in [3.63, 3.8) is 0 Å². The van der Waals surface area contributed by atoms with Gasteiger partial charge in [0, 0.05) is 11.1 Å². The van der Waals surface area contributed by atoms with Gasteiger partial charge in [-0.05, 0) is 33.5 Å². The summed E-state index contributed by atoms with van der Waals surface area (Å²) in [7, 11) is 4.20. The molecule has 2 aromatic carbocycles. The van der Waals surface area contributed by atoms with E-state index in [2.05, 4.69) is 43.3 Å². The van der Waals surface area contributed by atoms with Crippen molar-refractivity contribution in [3.8, 4) is 0 Å². The summed E-state index contributed by atoms with van der Waals surface area (Å²) in [6, 6.07) is 20.5. The van der Waals surface area contributed by atoms with E-state index >= 15 is 0 Å². The third-order valence-electron chi connectivity index (χ3n) is 4.28. The van der Waals surface area contributed by atoms with Crippen molar-refractivity contribution < 1.29 is 9.47 Å². The zero-order valence-electron chi connectivity index (χ0n) is 13.9. The molecule has 0 radical (unpaired) electrons. The van der Waals surface area contributed by atoms with Gasteiger partial charge in [0.15, 0.2) is 0 Å². The Labute approximate surface area is 138 Å². The second-order valence-electron chi connectivity index (χ2n) is 6.32. The molecule has 1 aliphatic heterocycles. The van der Waals surface area contributed by atoms with E-state index < -0.39 is 5.79 Å². The van der Waals surface area contributed by atoms with Crippen LogP contribution in [0, 0.1) is 0 Å². The Balaban J connectivity index is 1.93. The van der Waals surface area contributed by atoms with Crippen molar-refractivity contribution in [1.82, 2.24) is 4.90 Å². The molecular weight excluding hydrogens is 286 g/mol. The Hall–Kier alpha value is -1.68. The van der Waals surface area contributed by atoms with Crippen LogP contribution in [-0.4, -0.2) is 38.3 Å². The van der Waals surface area contributed by atoms with Crippen LogP contribution in [0.3, 0.4) is 0 Å². The zero-order chi connectivity index (χ0) is 16.1. The van der Waals surface area contributed by atoms with Crippen LogP contribution in [0.4, 0.5) is 0 Å². The Bertz CT molecular complexity index is 558. The van der Waals surface area contributed by atoms with Crippen molar-refractivity contribution in [3.05, 3.63) is 71.8 Å². The van der Waals surface area contributed by atoms with Crippen LogP contribution in [-0.2, 0) is 15.3 Å². The zero-order valence-corrected chi connectivity index (χ0v) is 13.9. The molecule has 3 nitrogen and oxygen atoms in total. The lowest BCUT2D eigenvalue weighted by Gasteiger charge is -2.42. The van der Waals surface area contributed by atoms with Crippen LogP contribution < -0.4 is 0 Å². The highest BCUT2D eigenvalue weighted by atomic mass is 16.7. The van der Waals surface area contributed by atoms with E-state index in [0.717, 1.165) is 30.5 Å². The highest BCUT2D eigenvalue weighted by Crippen LogP contribution is 2.40. The average Bonchev–Trinajstić information content (AvgIpc) is 2.61. The second-order valence-corrected chi connectivity index (χ2v) is 6.32. The van der Waals surface area contributed by atoms with Crippen LogP contribution in [0.2, 0.25) is 0 Å². The summed E-state index contributed by atoms with van der Waals surface area (Å²) >= 11 is 0. The summed E-state index contributed by atoms with van der Waals surface area (Å²) in [6.07, 6.45) is 2.15. The van der Waals surface area contributed by atoms with Crippen molar-refractivity contribution in [2.75, 3.05) is 27.2 Å². The first-order chi connectivity index (χ1) is 11.2. The molecule has 0 aromatic heterocycles. The molecule has 0 amide bonds. The van der Waals surface area contributed by atoms with E-state index in [1.54, 1.807) is 0 Å². The highest BCUT2D eigenvalue weighted by Gasteiger charge is 2.41. The van der Waals surface area contributed by atoms with Gasteiger partial charge >= 0.3 is 0 Å². The Morgan fingerprint density at radius 2 is 1.52 bits per heavy atom. The molecular formula is C20H25NO2. The van der Waals surface area contributed by atoms with Crippen molar-refractivity contribution in [2.24, 2.45) is 0 Å². The quantitative estimate of drug-likeness (QED) is 0.841. The van der Waals surface area contributed by atoms with E-state index in [1.807, 2.05) is 36.4 Å². The molecule has 0 spiro atoms. The van der Waals surface area contributed by atoms with Crippen LogP contribution in [0.1, 0.15) is 24.0 Å². The van der Waals surface area contributed by atoms with Crippen LogP contribution in [0.25, 0.3) is 0 Å². The number of benzene rings is 2. The largest absolute Gasteiger partial charge is 0.342 e. The molecule has 2 aromatic rings. The predicted octanol–water partition coefficient (Wildman–Crippen LogP) is 3.64. The minimum absolute atomic E-state index is 0.201. The third-order valence-corrected chi connectivity index (χ3v) is 4.28. The van der Waals surface area contributed by atoms with E-state index in [1.165, 1.54) is 0 Å². The van der Waals surface area contributed by atoms with Crippen LogP contribution in [0.5, 0.6) is 0 Å². The number of rotatable bonds is 5. The molecule has 1 saturated heterocycles. The SMILES string of the molecule is CN(C)CC[C@@H]1CCOC(c2ccccc2)(c2ccccc2)O1. The lowest BCUT2D eigenvalue weighted by atomic mass is 9.95. The van der Waals surface area contributed by atoms with Gasteiger partial charge in [0.05, 0.1) is 12.7 Å². The Kier molecular flexibility index (Phi) is 5.11. The molecule has 0 unspecified atom stereocenters. The summed E-state index contributed by atoms with van der Waals surface area (Å²) in [6.45, 7) is 1.73. The molecule has 0 N–H and O–H groups in total. The smallest absolute Gasteiger partial charge is 0.222 e. The van der Waals surface area contributed by atoms with Crippen molar-refractivity contribution >= 4 is 0 Å². The topological polar surface area (TPSA) is 21.7 Å². The minimum Gasteiger partial charge on any atom is -0.342 e. The molecule has 23 heavy (non-hydrogen) atoms. The average molecular weight is 311 g/mol. The van der Waals surface area contributed by atoms with E-state index in [-0.39, 0.29) is 6.10 Å². The monoisotopic (exact) mass is 311 g/mol. The van der Waals surface area contributed by atoms with E-state index in [9.17, 15) is 0 Å². The maximum absolute atomic E-state index is 6.55. The molecule has 1 atom stereocenters. The normalized spacial score (nSPS) is 20.6. The highest BCUT2D eigenvalue weighted by molar-refractivity contribution is 5.34. The first kappa shape index (κ1) is 16.2. The molecule has 1 fully saturated rings. The standard InChI is InChI=1S/C20H25NO2/c1-21(2)15-13-19-14-16-22-20(23-19,17-9-5-3-6-10-17)18-11-7-4-8-12-18/h3-12,19H,13-16H2,1-2H3/t19-/m1/s1. The summed E-state index contributed by atoms with van der Waals surface area (Å²) in [5.74, 6) is -0.794. The molecule has 0 bridgehead atoms. The van der Waals surface area contributed by atoms with Gasteiger partial charge in [-0.1, -0.05) is 60.7 Å². The summed E-state index contributed by atoms with van der Waals surface area (Å²) in [5, 5.41) is 0. The lowest BCUT2D eigenvalue weighted by Crippen LogP contribution is -2.44. The van der Waals surface area contributed by atoms with Crippen molar-refractivity contribution in [1.29, 1.82) is 0 Å². The van der Waals surface area contributed by atoms with Gasteiger partial charge in [0.25, 0.3) is 0 Å². The van der Waals surface area contributed by atoms with E-state index in [0.29, 0.717) is 6.61 Å².